The van der Waals surface area contributed by atoms with Gasteiger partial charge in [-0.15, -0.1) is 0 Å². The normalized spacial score (nSPS) is 10.5. The molecule has 5 nitrogen and oxygen atoms in total. The van der Waals surface area contributed by atoms with Crippen LogP contribution in [0.2, 0.25) is 5.02 Å². The topological polar surface area (TPSA) is 81.3 Å². The summed E-state index contributed by atoms with van der Waals surface area (Å²) in [5.41, 5.74) is 7.76. The maximum Gasteiger partial charge on any atom is 0.216 e. The van der Waals surface area contributed by atoms with Gasteiger partial charge in [-0.05, 0) is 11.6 Å². The van der Waals surface area contributed by atoms with Crippen molar-refractivity contribution in [3.63, 3.8) is 0 Å². The summed E-state index contributed by atoms with van der Waals surface area (Å²) < 4.78 is 5.07. The van der Waals surface area contributed by atoms with Gasteiger partial charge in [-0.3, -0.25) is 0 Å². The molecule has 0 aliphatic carbocycles. The Labute approximate surface area is 116 Å². The van der Waals surface area contributed by atoms with Crippen LogP contribution in [0.5, 0.6) is 5.88 Å². The van der Waals surface area contributed by atoms with Crippen LogP contribution in [0.4, 0.5) is 5.69 Å². The number of nitrogens with two attached hydrogens (primary N) is 1. The van der Waals surface area contributed by atoms with E-state index < -0.39 is 0 Å². The first-order chi connectivity index (χ1) is 9.13. The number of aromatic nitrogens is 2. The first kappa shape index (κ1) is 13.6. The minimum Gasteiger partial charge on any atom is -0.481 e. The van der Waals surface area contributed by atoms with Crippen LogP contribution < -0.4 is 10.5 Å². The summed E-state index contributed by atoms with van der Waals surface area (Å²) in [5.74, 6) is 0.937. The highest BCUT2D eigenvalue weighted by molar-refractivity contribution is 6.33. The minimum atomic E-state index is -0.170. The molecule has 2 rings (SSSR count). The molecule has 0 spiro atoms. The van der Waals surface area contributed by atoms with E-state index in [0.717, 1.165) is 5.56 Å². The maximum atomic E-state index is 9.16. The Bertz CT molecular complexity index is 568. The van der Waals surface area contributed by atoms with Gasteiger partial charge in [0.15, 0.2) is 0 Å². The molecule has 2 aromatic rings. The van der Waals surface area contributed by atoms with E-state index in [1.807, 2.05) is 12.1 Å². The Hall–Kier alpha value is -1.85. The van der Waals surface area contributed by atoms with Gasteiger partial charge in [-0.2, -0.15) is 4.98 Å². The average Bonchev–Trinajstić information content (AvgIpc) is 2.43. The fourth-order valence-corrected chi connectivity index (χ4v) is 1.89. The lowest BCUT2D eigenvalue weighted by atomic mass is 10.1. The average molecular weight is 280 g/mol. The summed E-state index contributed by atoms with van der Waals surface area (Å²) in [6.45, 7) is -0.170. The van der Waals surface area contributed by atoms with Crippen LogP contribution in [0.25, 0.3) is 0 Å². The second-order valence-corrected chi connectivity index (χ2v) is 4.37. The van der Waals surface area contributed by atoms with E-state index in [-0.39, 0.29) is 6.61 Å². The van der Waals surface area contributed by atoms with Crippen molar-refractivity contribution in [2.75, 3.05) is 12.8 Å². The number of hydrogen-bond acceptors (Lipinski definition) is 5. The van der Waals surface area contributed by atoms with Gasteiger partial charge in [0.1, 0.15) is 5.82 Å². The van der Waals surface area contributed by atoms with Crippen molar-refractivity contribution in [3.05, 3.63) is 46.4 Å². The predicted octanol–water partition coefficient (Wildman–Crippen LogP) is 1.80. The predicted molar refractivity (Wildman–Crippen MR) is 73.2 cm³/mol. The Kier molecular flexibility index (Phi) is 4.19. The molecule has 100 valence electrons. The zero-order chi connectivity index (χ0) is 13.8. The molecule has 1 aromatic heterocycles. The number of hydrogen-bond donors (Lipinski definition) is 2. The fourth-order valence-electron chi connectivity index (χ4n) is 1.70. The third kappa shape index (κ3) is 3.13. The molecule has 0 saturated carbocycles. The van der Waals surface area contributed by atoms with Crippen LogP contribution in [0.3, 0.4) is 0 Å². The number of para-hydroxylation sites is 1. The summed E-state index contributed by atoms with van der Waals surface area (Å²) in [5, 5.41) is 9.66. The monoisotopic (exact) mass is 279 g/mol. The third-order valence-corrected chi connectivity index (χ3v) is 2.99. The van der Waals surface area contributed by atoms with Gasteiger partial charge >= 0.3 is 0 Å². The number of aliphatic hydroxyl groups excluding tert-OH is 1. The second-order valence-electron chi connectivity index (χ2n) is 3.97. The van der Waals surface area contributed by atoms with Crippen molar-refractivity contribution in [2.24, 2.45) is 0 Å². The van der Waals surface area contributed by atoms with Gasteiger partial charge in [0.25, 0.3) is 0 Å². The molecule has 3 N–H and O–H groups in total. The molecule has 1 aromatic carbocycles. The summed E-state index contributed by atoms with van der Waals surface area (Å²) >= 11 is 5.97. The van der Waals surface area contributed by atoms with Crippen LogP contribution in [0.15, 0.2) is 24.3 Å². The number of methoxy groups -OCH3 is 1. The highest BCUT2D eigenvalue weighted by Gasteiger charge is 2.09. The number of nitrogen functional groups attached to an aromatic ring is 1. The van der Waals surface area contributed by atoms with E-state index in [2.05, 4.69) is 9.97 Å². The number of anilines is 1. The summed E-state index contributed by atoms with van der Waals surface area (Å²) in [6.07, 6.45) is 0.427. The molecule has 0 fully saturated rings. The Morgan fingerprint density at radius 1 is 1.37 bits per heavy atom. The van der Waals surface area contributed by atoms with Gasteiger partial charge in [-0.1, -0.05) is 23.7 Å². The lowest BCUT2D eigenvalue weighted by Crippen LogP contribution is -2.04. The molecular formula is C13H14ClN3O2. The molecule has 0 atom stereocenters. The van der Waals surface area contributed by atoms with Crippen LogP contribution in [0, 0.1) is 0 Å². The van der Waals surface area contributed by atoms with Crippen LogP contribution in [0.1, 0.15) is 17.1 Å². The van der Waals surface area contributed by atoms with Crippen molar-refractivity contribution >= 4 is 17.3 Å². The van der Waals surface area contributed by atoms with Crippen LogP contribution >= 0.6 is 11.6 Å². The largest absolute Gasteiger partial charge is 0.481 e. The van der Waals surface area contributed by atoms with Gasteiger partial charge in [0.05, 0.1) is 30.1 Å². The van der Waals surface area contributed by atoms with Crippen molar-refractivity contribution in [3.8, 4) is 5.88 Å². The first-order valence-electron chi connectivity index (χ1n) is 5.68. The van der Waals surface area contributed by atoms with Crippen LogP contribution in [-0.4, -0.2) is 22.2 Å². The second kappa shape index (κ2) is 5.86. The number of aliphatic hydroxyl groups is 1. The molecule has 0 saturated heterocycles. The molecular weight excluding hydrogens is 266 g/mol. The number of ether oxygens (including phenoxy) is 1. The van der Waals surface area contributed by atoms with E-state index in [4.69, 9.17) is 27.2 Å². The van der Waals surface area contributed by atoms with E-state index >= 15 is 0 Å². The van der Waals surface area contributed by atoms with E-state index in [1.54, 1.807) is 12.1 Å². The highest BCUT2D eigenvalue weighted by atomic mass is 35.5. The highest BCUT2D eigenvalue weighted by Crippen LogP contribution is 2.24. The van der Waals surface area contributed by atoms with Gasteiger partial charge in [0, 0.05) is 12.5 Å². The number of nitrogens with zero attached hydrogens (tertiary/aromatic N) is 2. The van der Waals surface area contributed by atoms with Crippen LogP contribution in [-0.2, 0) is 13.0 Å². The van der Waals surface area contributed by atoms with Gasteiger partial charge in [0.2, 0.25) is 5.88 Å². The molecule has 0 bridgehead atoms. The third-order valence-electron chi connectivity index (χ3n) is 2.66. The number of halogens is 1. The number of rotatable bonds is 4. The zero-order valence-corrected chi connectivity index (χ0v) is 11.2. The van der Waals surface area contributed by atoms with Crippen molar-refractivity contribution in [1.82, 2.24) is 9.97 Å². The van der Waals surface area contributed by atoms with E-state index in [9.17, 15) is 0 Å². The smallest absolute Gasteiger partial charge is 0.216 e. The molecule has 0 amide bonds. The lowest BCUT2D eigenvalue weighted by molar-refractivity contribution is 0.274. The van der Waals surface area contributed by atoms with Gasteiger partial charge < -0.3 is 15.6 Å². The molecule has 0 unspecified atom stereocenters. The molecule has 0 radical (unpaired) electrons. The fraction of sp³-hybridized carbons (Fsp3) is 0.231. The molecule has 0 aliphatic heterocycles. The SMILES string of the molecule is COc1cc(CO)nc(Cc2cccc(Cl)c2N)n1. The summed E-state index contributed by atoms with van der Waals surface area (Å²) in [7, 11) is 1.51. The molecule has 6 heteroatoms. The summed E-state index contributed by atoms with van der Waals surface area (Å²) in [4.78, 5) is 8.45. The number of benzene rings is 1. The molecule has 0 aliphatic rings. The van der Waals surface area contributed by atoms with Crippen molar-refractivity contribution in [1.29, 1.82) is 0 Å². The van der Waals surface area contributed by atoms with Gasteiger partial charge in [-0.25, -0.2) is 4.98 Å². The minimum absolute atomic E-state index is 0.170. The van der Waals surface area contributed by atoms with E-state index in [0.29, 0.717) is 34.5 Å². The Morgan fingerprint density at radius 2 is 2.16 bits per heavy atom. The maximum absolute atomic E-state index is 9.16. The zero-order valence-electron chi connectivity index (χ0n) is 10.4. The first-order valence-corrected chi connectivity index (χ1v) is 6.06. The summed E-state index contributed by atoms with van der Waals surface area (Å²) in [6, 6.07) is 7.00. The lowest BCUT2D eigenvalue weighted by Gasteiger charge is -2.08. The molecule has 1 heterocycles. The molecule has 19 heavy (non-hydrogen) atoms. The van der Waals surface area contributed by atoms with Crippen molar-refractivity contribution < 1.29 is 9.84 Å². The Balaban J connectivity index is 2.34. The standard InChI is InChI=1S/C13H14ClN3O2/c1-19-12-6-9(7-18)16-11(17-12)5-8-3-2-4-10(14)13(8)15/h2-4,6,18H,5,7,15H2,1H3. The quantitative estimate of drug-likeness (QED) is 0.834. The van der Waals surface area contributed by atoms with E-state index in [1.165, 1.54) is 7.11 Å². The van der Waals surface area contributed by atoms with Crippen molar-refractivity contribution in [2.45, 2.75) is 13.0 Å². The Morgan fingerprint density at radius 3 is 2.84 bits per heavy atom.